The van der Waals surface area contributed by atoms with E-state index in [4.69, 9.17) is 0 Å². The molecule has 0 radical (unpaired) electrons. The molecule has 0 saturated heterocycles. The van der Waals surface area contributed by atoms with Crippen LogP contribution in [0.1, 0.15) is 147 Å². The second-order valence-corrected chi connectivity index (χ2v) is 25.8. The first-order valence-corrected chi connectivity index (χ1v) is 25.3. The average Bonchev–Trinajstić information content (AvgIpc) is 3.83. The van der Waals surface area contributed by atoms with E-state index in [1.807, 2.05) is 6.55 Å². The van der Waals surface area contributed by atoms with Gasteiger partial charge in [0.25, 0.3) is 0 Å². The predicted molar refractivity (Wildman–Crippen MR) is 232 cm³/mol. The van der Waals surface area contributed by atoms with Crippen LogP contribution in [0.4, 0.5) is 0 Å². The number of fused-ring (bicyclic) bond motifs is 3. The SMILES string of the molecule is CC(C)(C)c1cc2c(cc1-c1ccccc1)Cc1c-2cc(C(C)(C)C)c(-c2ccccc2)[c]1[Zr+2]([C]1=CC=CC1)=[C](CC1CCCCC1)CC1CCCCC1.[Cl-].[Cl-]. The van der Waals surface area contributed by atoms with Crippen LogP contribution in [-0.2, 0) is 38.5 Å². The van der Waals surface area contributed by atoms with Gasteiger partial charge in [0, 0.05) is 0 Å². The second-order valence-electron chi connectivity index (χ2n) is 19.4. The van der Waals surface area contributed by atoms with E-state index in [-0.39, 0.29) is 35.6 Å². The van der Waals surface area contributed by atoms with Crippen molar-refractivity contribution in [1.82, 2.24) is 0 Å². The first-order valence-electron chi connectivity index (χ1n) is 21.6. The Morgan fingerprint density at radius 3 is 1.66 bits per heavy atom. The van der Waals surface area contributed by atoms with Crippen LogP contribution < -0.4 is 28.1 Å². The summed E-state index contributed by atoms with van der Waals surface area (Å²) >= 11 is -2.68. The van der Waals surface area contributed by atoms with Crippen molar-refractivity contribution in [2.45, 2.75) is 142 Å². The molecule has 294 valence electrons. The van der Waals surface area contributed by atoms with Gasteiger partial charge in [-0.25, -0.2) is 0 Å². The van der Waals surface area contributed by atoms with Gasteiger partial charge in [-0.2, -0.15) is 0 Å². The van der Waals surface area contributed by atoms with E-state index in [2.05, 4.69) is 142 Å². The summed E-state index contributed by atoms with van der Waals surface area (Å²) in [5.41, 5.74) is 15.2. The van der Waals surface area contributed by atoms with E-state index in [1.54, 1.807) is 22.3 Å². The van der Waals surface area contributed by atoms with Crippen LogP contribution in [0.2, 0.25) is 0 Å². The Hall–Kier alpha value is -2.31. The summed E-state index contributed by atoms with van der Waals surface area (Å²) in [5, 5.41) is 0. The van der Waals surface area contributed by atoms with Crippen LogP contribution in [0.25, 0.3) is 33.4 Å². The minimum absolute atomic E-state index is 0. The van der Waals surface area contributed by atoms with Gasteiger partial charge in [0.05, 0.1) is 0 Å². The first-order chi connectivity index (χ1) is 26.1. The molecule has 4 aliphatic rings. The molecule has 0 spiro atoms. The largest absolute Gasteiger partial charge is 1.00 e. The van der Waals surface area contributed by atoms with Gasteiger partial charge in [-0.3, -0.25) is 0 Å². The molecule has 0 N–H and O–H groups in total. The molecule has 0 aromatic heterocycles. The number of rotatable bonds is 8. The maximum Gasteiger partial charge on any atom is -1.00 e. The molecule has 4 aromatic carbocycles. The minimum atomic E-state index is -2.68. The molecule has 8 rings (SSSR count). The molecule has 4 aliphatic carbocycles. The number of hydrogen-bond donors (Lipinski definition) is 0. The van der Waals surface area contributed by atoms with Crippen LogP contribution in [0.5, 0.6) is 0 Å². The van der Waals surface area contributed by atoms with Crippen molar-refractivity contribution in [3.63, 3.8) is 0 Å². The van der Waals surface area contributed by atoms with Gasteiger partial charge in [-0.1, -0.05) is 0 Å². The predicted octanol–water partition coefficient (Wildman–Crippen LogP) is 8.40. The molecular weight excluding hydrogens is 799 g/mol. The molecule has 0 bridgehead atoms. The molecule has 56 heavy (non-hydrogen) atoms. The Kier molecular flexibility index (Phi) is 14.1. The Labute approximate surface area is 360 Å². The Balaban J connectivity index is 0.00000266. The summed E-state index contributed by atoms with van der Waals surface area (Å²) in [6, 6.07) is 30.8. The molecular formula is C53H64Cl2Zr. The third kappa shape index (κ3) is 9.12. The molecule has 4 aromatic rings. The van der Waals surface area contributed by atoms with Crippen molar-refractivity contribution in [2.24, 2.45) is 11.8 Å². The fourth-order valence-corrected chi connectivity index (χ4v) is 19.8. The molecule has 0 amide bonds. The quantitative estimate of drug-likeness (QED) is 0.147. The van der Waals surface area contributed by atoms with Gasteiger partial charge in [-0.15, -0.1) is 0 Å². The molecule has 3 heteroatoms. The average molecular weight is 863 g/mol. The van der Waals surface area contributed by atoms with Gasteiger partial charge < -0.3 is 24.8 Å². The monoisotopic (exact) mass is 860 g/mol. The van der Waals surface area contributed by atoms with Gasteiger partial charge in [-0.05, 0) is 0 Å². The fraction of sp³-hybridized carbons (Fsp3) is 0.453. The van der Waals surface area contributed by atoms with Gasteiger partial charge in [0.2, 0.25) is 0 Å². The third-order valence-electron chi connectivity index (χ3n) is 13.3. The smallest absolute Gasteiger partial charge is 1.00 e. The first kappa shape index (κ1) is 43.3. The summed E-state index contributed by atoms with van der Waals surface area (Å²) in [6.45, 7) is 14.7. The van der Waals surface area contributed by atoms with Crippen molar-refractivity contribution in [2.75, 3.05) is 0 Å². The molecule has 0 aliphatic heterocycles. The summed E-state index contributed by atoms with van der Waals surface area (Å²) < 4.78 is 5.74. The molecule has 0 nitrogen and oxygen atoms in total. The van der Waals surface area contributed by atoms with Crippen molar-refractivity contribution in [3.05, 3.63) is 123 Å². The fourth-order valence-electron chi connectivity index (χ4n) is 10.6. The zero-order valence-corrected chi connectivity index (χ0v) is 39.0. The molecule has 0 heterocycles. The normalized spacial score (nSPS) is 16.9. The van der Waals surface area contributed by atoms with Crippen LogP contribution in [0, 0.1) is 11.8 Å². The Morgan fingerprint density at radius 1 is 0.607 bits per heavy atom. The van der Waals surface area contributed by atoms with Crippen LogP contribution in [-0.4, -0.2) is 3.21 Å². The number of halogens is 2. The van der Waals surface area contributed by atoms with E-state index in [0.717, 1.165) is 24.7 Å². The summed E-state index contributed by atoms with van der Waals surface area (Å²) in [7, 11) is 0. The Bertz CT molecular complexity index is 2050. The van der Waals surface area contributed by atoms with Crippen molar-refractivity contribution in [3.8, 4) is 33.4 Å². The van der Waals surface area contributed by atoms with E-state index in [1.165, 1.54) is 110 Å². The number of benzene rings is 4. The Morgan fingerprint density at radius 2 is 1.14 bits per heavy atom. The van der Waals surface area contributed by atoms with Gasteiger partial charge in [0.15, 0.2) is 0 Å². The van der Waals surface area contributed by atoms with E-state index in [0.29, 0.717) is 0 Å². The molecule has 0 atom stereocenters. The molecule has 0 unspecified atom stereocenters. The van der Waals surface area contributed by atoms with E-state index >= 15 is 0 Å². The second kappa shape index (κ2) is 18.3. The zero-order chi connectivity index (χ0) is 37.5. The number of hydrogen-bond acceptors (Lipinski definition) is 0. The molecule has 2 fully saturated rings. The third-order valence-corrected chi connectivity index (χ3v) is 21.1. The van der Waals surface area contributed by atoms with Crippen molar-refractivity contribution < 1.29 is 46.1 Å². The van der Waals surface area contributed by atoms with E-state index in [9.17, 15) is 0 Å². The van der Waals surface area contributed by atoms with Crippen molar-refractivity contribution in [1.29, 1.82) is 0 Å². The standard InChI is InChI=1S/C33H33.C15H26.C5H5.2ClH.Zr/c1-32(2,3)30-20-26-24(18-28(30)22-13-9-7-10-14-22)17-25-19-29(23-15-11-8-12-16-23)31(21-27(25)26)33(4,5)6;1-3-8-14(9-4-1)12-7-13-15-10-5-2-6-11-15;1-2-4-5-3-1;;;/h7-16,18,20-21H,17H2,1-6H3;14-15H,1-6,8-13H2;1-3H,4H2;2*1H;/q;;;;;+2/p-2. The molecule has 2 saturated carbocycles. The maximum absolute atomic E-state index is 2.69. The van der Waals surface area contributed by atoms with E-state index < -0.39 is 21.3 Å². The number of allylic oxidation sites excluding steroid dienone is 4. The topological polar surface area (TPSA) is 0 Å². The summed E-state index contributed by atoms with van der Waals surface area (Å²) in [6.07, 6.45) is 26.9. The summed E-state index contributed by atoms with van der Waals surface area (Å²) in [5.74, 6) is 1.75. The van der Waals surface area contributed by atoms with Crippen LogP contribution in [0.15, 0.2) is 100 Å². The van der Waals surface area contributed by atoms with Crippen molar-refractivity contribution >= 4 is 6.48 Å². The van der Waals surface area contributed by atoms with Gasteiger partial charge in [0.1, 0.15) is 0 Å². The van der Waals surface area contributed by atoms with Crippen LogP contribution >= 0.6 is 0 Å². The maximum atomic E-state index is 2.69. The van der Waals surface area contributed by atoms with Gasteiger partial charge >= 0.3 is 338 Å². The van der Waals surface area contributed by atoms with Crippen LogP contribution in [0.3, 0.4) is 0 Å². The minimum Gasteiger partial charge on any atom is -1.00 e. The summed E-state index contributed by atoms with van der Waals surface area (Å²) in [4.78, 5) is 0. The zero-order valence-electron chi connectivity index (χ0n) is 35.0.